The summed E-state index contributed by atoms with van der Waals surface area (Å²) in [5, 5.41) is 5.03. The van der Waals surface area contributed by atoms with Gasteiger partial charge in [-0.3, -0.25) is 9.69 Å². The third-order valence-electron chi connectivity index (χ3n) is 6.09. The third kappa shape index (κ3) is 4.61. The molecule has 1 saturated heterocycles. The van der Waals surface area contributed by atoms with E-state index in [4.69, 9.17) is 0 Å². The van der Waals surface area contributed by atoms with E-state index in [1.807, 2.05) is 0 Å². The molecule has 6 nitrogen and oxygen atoms in total. The van der Waals surface area contributed by atoms with E-state index in [0.29, 0.717) is 25.3 Å². The largest absolute Gasteiger partial charge is 0.325 e. The number of carbonyl (C=O) groups is 1. The Morgan fingerprint density at radius 3 is 2.47 bits per heavy atom. The highest BCUT2D eigenvalue weighted by molar-refractivity contribution is 7.89. The fourth-order valence-electron chi connectivity index (χ4n) is 4.30. The summed E-state index contributed by atoms with van der Waals surface area (Å²) in [5.74, 6) is -0.0799. The highest BCUT2D eigenvalue weighted by Crippen LogP contribution is 2.32. The Morgan fingerprint density at radius 2 is 1.77 bits per heavy atom. The Balaban J connectivity index is 1.37. The van der Waals surface area contributed by atoms with E-state index in [9.17, 15) is 13.2 Å². The zero-order chi connectivity index (χ0) is 21.1. The fourth-order valence-corrected chi connectivity index (χ4v) is 6.78. The van der Waals surface area contributed by atoms with Crippen molar-refractivity contribution in [2.24, 2.45) is 0 Å². The van der Waals surface area contributed by atoms with E-state index < -0.39 is 10.0 Å². The summed E-state index contributed by atoms with van der Waals surface area (Å²) < 4.78 is 27.4. The normalized spacial score (nSPS) is 21.0. The van der Waals surface area contributed by atoms with Gasteiger partial charge in [0.25, 0.3) is 0 Å². The van der Waals surface area contributed by atoms with Gasteiger partial charge in [0.05, 0.1) is 11.4 Å². The first-order valence-electron chi connectivity index (χ1n) is 10.7. The zero-order valence-electron chi connectivity index (χ0n) is 17.3. The van der Waals surface area contributed by atoms with Gasteiger partial charge in [-0.15, -0.1) is 11.3 Å². The highest BCUT2D eigenvalue weighted by atomic mass is 32.2. The molecule has 0 aliphatic carbocycles. The summed E-state index contributed by atoms with van der Waals surface area (Å²) in [5.41, 5.74) is 1.94. The minimum Gasteiger partial charge on any atom is -0.325 e. The maximum Gasteiger partial charge on any atom is 0.243 e. The monoisotopic (exact) mass is 447 g/mol. The molecule has 1 aromatic carbocycles. The van der Waals surface area contributed by atoms with Crippen LogP contribution in [0.1, 0.15) is 49.1 Å². The summed E-state index contributed by atoms with van der Waals surface area (Å²) >= 11 is 1.79. The quantitative estimate of drug-likeness (QED) is 0.755. The molecule has 162 valence electrons. The number of carbonyl (C=O) groups excluding carboxylic acids is 1. The number of amides is 1. The van der Waals surface area contributed by atoms with Gasteiger partial charge in [0, 0.05) is 36.2 Å². The number of hydrogen-bond acceptors (Lipinski definition) is 5. The van der Waals surface area contributed by atoms with Crippen molar-refractivity contribution in [3.63, 3.8) is 0 Å². The Labute approximate surface area is 182 Å². The molecule has 1 atom stereocenters. The van der Waals surface area contributed by atoms with Crippen molar-refractivity contribution in [2.75, 3.05) is 31.5 Å². The Hall–Kier alpha value is -1.74. The first kappa shape index (κ1) is 21.5. The predicted octanol–water partition coefficient (Wildman–Crippen LogP) is 3.87. The van der Waals surface area contributed by atoms with Crippen molar-refractivity contribution in [1.82, 2.24) is 9.21 Å². The van der Waals surface area contributed by atoms with E-state index in [-0.39, 0.29) is 16.8 Å². The number of hydrogen-bond donors (Lipinski definition) is 1. The smallest absolute Gasteiger partial charge is 0.243 e. The number of rotatable bonds is 5. The van der Waals surface area contributed by atoms with Crippen molar-refractivity contribution in [2.45, 2.75) is 50.0 Å². The first-order chi connectivity index (χ1) is 14.4. The fraction of sp³-hybridized carbons (Fsp3) is 0.500. The minimum atomic E-state index is -3.47. The molecule has 2 aromatic rings. The molecule has 8 heteroatoms. The molecule has 30 heavy (non-hydrogen) atoms. The molecule has 0 saturated carbocycles. The maximum atomic E-state index is 12.9. The van der Waals surface area contributed by atoms with Gasteiger partial charge in [-0.25, -0.2) is 8.42 Å². The first-order valence-corrected chi connectivity index (χ1v) is 13.0. The number of fused-ring (bicyclic) bond motifs is 1. The summed E-state index contributed by atoms with van der Waals surface area (Å²) in [6, 6.07) is 8.93. The average Bonchev–Trinajstić information content (AvgIpc) is 3.04. The maximum absolute atomic E-state index is 12.9. The van der Waals surface area contributed by atoms with Crippen LogP contribution in [0.2, 0.25) is 0 Å². The summed E-state index contributed by atoms with van der Waals surface area (Å²) in [6.45, 7) is 4.50. The van der Waals surface area contributed by atoms with E-state index in [1.165, 1.54) is 10.4 Å². The number of nitrogens with one attached hydrogen (secondary N) is 1. The second kappa shape index (κ2) is 9.18. The molecule has 3 heterocycles. The van der Waals surface area contributed by atoms with E-state index in [1.54, 1.807) is 39.9 Å². The molecular formula is C22H29N3O3S2. The Morgan fingerprint density at radius 1 is 1.07 bits per heavy atom. The van der Waals surface area contributed by atoms with Gasteiger partial charge < -0.3 is 5.32 Å². The number of thiophene rings is 1. The van der Waals surface area contributed by atoms with Crippen LogP contribution >= 0.6 is 11.3 Å². The molecule has 4 rings (SSSR count). The molecule has 1 aromatic heterocycles. The van der Waals surface area contributed by atoms with Crippen LogP contribution < -0.4 is 5.32 Å². The molecule has 0 spiro atoms. The van der Waals surface area contributed by atoms with E-state index >= 15 is 0 Å². The van der Waals surface area contributed by atoms with Crippen LogP contribution in [-0.2, 0) is 21.2 Å². The van der Waals surface area contributed by atoms with Gasteiger partial charge in [0.2, 0.25) is 15.9 Å². The predicted molar refractivity (Wildman–Crippen MR) is 120 cm³/mol. The van der Waals surface area contributed by atoms with Gasteiger partial charge in [-0.05, 0) is 67.5 Å². The Kier molecular flexibility index (Phi) is 6.57. The SMILES string of the molecule is CC1c2ccsc2CCN1CC(=O)Nc1ccc(S(=O)(=O)N2CCCCCC2)cc1. The van der Waals surface area contributed by atoms with Crippen LogP contribution in [0.3, 0.4) is 0 Å². The molecule has 1 amide bonds. The molecule has 1 unspecified atom stereocenters. The van der Waals surface area contributed by atoms with Crippen molar-refractivity contribution >= 4 is 33.0 Å². The van der Waals surface area contributed by atoms with Crippen molar-refractivity contribution in [3.05, 3.63) is 46.2 Å². The third-order valence-corrected chi connectivity index (χ3v) is 9.00. The molecule has 1 fully saturated rings. The van der Waals surface area contributed by atoms with E-state index in [2.05, 4.69) is 28.6 Å². The molecular weight excluding hydrogens is 418 g/mol. The molecule has 2 aliphatic heterocycles. The number of anilines is 1. The lowest BCUT2D eigenvalue weighted by Crippen LogP contribution is -2.39. The van der Waals surface area contributed by atoms with Crippen LogP contribution in [0.15, 0.2) is 40.6 Å². The van der Waals surface area contributed by atoms with E-state index in [0.717, 1.165) is 38.6 Å². The second-order valence-electron chi connectivity index (χ2n) is 8.09. The average molecular weight is 448 g/mol. The number of benzene rings is 1. The van der Waals surface area contributed by atoms with Gasteiger partial charge in [0.15, 0.2) is 0 Å². The van der Waals surface area contributed by atoms with Crippen molar-refractivity contribution in [1.29, 1.82) is 0 Å². The lowest BCUT2D eigenvalue weighted by molar-refractivity contribution is -0.117. The molecule has 2 aliphatic rings. The lowest BCUT2D eigenvalue weighted by atomic mass is 10.0. The van der Waals surface area contributed by atoms with Gasteiger partial charge in [0.1, 0.15) is 0 Å². The number of sulfonamides is 1. The summed E-state index contributed by atoms with van der Waals surface area (Å²) in [7, 11) is -3.47. The highest BCUT2D eigenvalue weighted by Gasteiger charge is 2.27. The molecule has 0 bridgehead atoms. The minimum absolute atomic E-state index is 0.0799. The zero-order valence-corrected chi connectivity index (χ0v) is 19.0. The van der Waals surface area contributed by atoms with Crippen LogP contribution in [0.4, 0.5) is 5.69 Å². The second-order valence-corrected chi connectivity index (χ2v) is 11.0. The lowest BCUT2D eigenvalue weighted by Gasteiger charge is -2.32. The van der Waals surface area contributed by atoms with Crippen molar-refractivity contribution in [3.8, 4) is 0 Å². The summed E-state index contributed by atoms with van der Waals surface area (Å²) in [6.07, 6.45) is 4.97. The van der Waals surface area contributed by atoms with Gasteiger partial charge >= 0.3 is 0 Å². The van der Waals surface area contributed by atoms with Crippen LogP contribution in [-0.4, -0.2) is 49.7 Å². The van der Waals surface area contributed by atoms with Crippen LogP contribution in [0.5, 0.6) is 0 Å². The molecule has 0 radical (unpaired) electrons. The van der Waals surface area contributed by atoms with Crippen molar-refractivity contribution < 1.29 is 13.2 Å². The Bertz CT molecular complexity index is 977. The molecule has 1 N–H and O–H groups in total. The number of nitrogens with zero attached hydrogens (tertiary/aromatic N) is 2. The summed E-state index contributed by atoms with van der Waals surface area (Å²) in [4.78, 5) is 16.5. The van der Waals surface area contributed by atoms with Crippen LogP contribution in [0.25, 0.3) is 0 Å². The van der Waals surface area contributed by atoms with Crippen LogP contribution in [0, 0.1) is 0 Å². The standard InChI is InChI=1S/C22H29N3O3S2/c1-17-20-11-15-29-21(20)10-14-24(17)16-22(26)23-18-6-8-19(9-7-18)30(27,28)25-12-4-2-3-5-13-25/h6-9,11,15,17H,2-5,10,12-14,16H2,1H3,(H,23,26). The van der Waals surface area contributed by atoms with Gasteiger partial charge in [-0.2, -0.15) is 4.31 Å². The van der Waals surface area contributed by atoms with Gasteiger partial charge in [-0.1, -0.05) is 12.8 Å². The topological polar surface area (TPSA) is 69.7 Å².